The number of allylic oxidation sites excluding steroid dienone is 2. The molecule has 348 valence electrons. The van der Waals surface area contributed by atoms with Gasteiger partial charge in [0.1, 0.15) is 6.04 Å². The van der Waals surface area contributed by atoms with Crippen molar-refractivity contribution in [3.8, 4) is 0 Å². The van der Waals surface area contributed by atoms with E-state index < -0.39 is 22.8 Å². The van der Waals surface area contributed by atoms with Crippen LogP contribution in [0, 0.1) is 17.8 Å². The zero-order valence-electron chi connectivity index (χ0n) is 39.0. The normalized spacial score (nSPS) is 23.3. The van der Waals surface area contributed by atoms with Crippen molar-refractivity contribution in [3.63, 3.8) is 0 Å². The van der Waals surface area contributed by atoms with Gasteiger partial charge in [0.2, 0.25) is 5.91 Å². The van der Waals surface area contributed by atoms with Crippen molar-refractivity contribution in [3.05, 3.63) is 87.9 Å². The fourth-order valence-corrected chi connectivity index (χ4v) is 9.91. The molecule has 4 aromatic rings. The molecular weight excluding hydrogens is 825 g/mol. The third kappa shape index (κ3) is 10.3. The van der Waals surface area contributed by atoms with Crippen molar-refractivity contribution in [1.82, 2.24) is 39.3 Å². The highest BCUT2D eigenvalue weighted by Gasteiger charge is 2.35. The maximum atomic E-state index is 14.6. The molecule has 15 nitrogen and oxygen atoms in total. The number of benzene rings is 2. The number of urea groups is 1. The van der Waals surface area contributed by atoms with Crippen LogP contribution in [0.4, 0.5) is 4.79 Å². The standard InChI is InChI=1S/C50H66N8O7/c1-34-27-35-28-38-31-57(52-43(34)38)32-64-46(61)49(2,3)17-9-10-18-50(4,5)47(62)65-33-58-42-12-8-7-11-37(42)30-40(44(58)59)36-13-21-56(22-14-36)48(63)51-41(29-35)45(60)55-25-23-54(24-26-55)39-15-19-53(6)20-16-39/h7-12,27-28,30-31,36,39,41H,13-26,29,32-33H2,1-6H3,(H,51,63)/b10-9-/t41-/m1/s1. The lowest BCUT2D eigenvalue weighted by Crippen LogP contribution is -2.59. The van der Waals surface area contributed by atoms with Gasteiger partial charge >= 0.3 is 18.0 Å². The van der Waals surface area contributed by atoms with Crippen LogP contribution in [-0.2, 0) is 43.7 Å². The molecular formula is C50H66N8O7. The summed E-state index contributed by atoms with van der Waals surface area (Å²) in [5, 5.41) is 9.60. The summed E-state index contributed by atoms with van der Waals surface area (Å²) in [4.78, 5) is 78.6. The van der Waals surface area contributed by atoms with Gasteiger partial charge in [0.15, 0.2) is 13.5 Å². The van der Waals surface area contributed by atoms with Crippen LogP contribution in [-0.4, -0.2) is 129 Å². The zero-order chi connectivity index (χ0) is 46.0. The van der Waals surface area contributed by atoms with E-state index in [9.17, 15) is 24.0 Å². The molecule has 0 spiro atoms. The van der Waals surface area contributed by atoms with Crippen LogP contribution >= 0.6 is 0 Å². The number of carbonyl (C=O) groups is 4. The fourth-order valence-electron chi connectivity index (χ4n) is 9.91. The Morgan fingerprint density at radius 3 is 2.09 bits per heavy atom. The number of amides is 3. The largest absolute Gasteiger partial charge is 0.443 e. The van der Waals surface area contributed by atoms with Crippen LogP contribution < -0.4 is 10.9 Å². The number of fused-ring (bicyclic) bond motifs is 16. The Labute approximate surface area is 381 Å². The second-order valence-electron chi connectivity index (χ2n) is 20.0. The molecule has 0 aliphatic carbocycles. The summed E-state index contributed by atoms with van der Waals surface area (Å²) in [6, 6.07) is 12.9. The molecule has 65 heavy (non-hydrogen) atoms. The zero-order valence-corrected chi connectivity index (χ0v) is 39.0. The van der Waals surface area contributed by atoms with Crippen LogP contribution in [0.5, 0.6) is 0 Å². The molecule has 1 atom stereocenters. The molecule has 15 heteroatoms. The number of pyridine rings is 1. The van der Waals surface area contributed by atoms with E-state index in [1.54, 1.807) is 23.4 Å². The van der Waals surface area contributed by atoms with Gasteiger partial charge in [-0.25, -0.2) is 9.48 Å². The minimum absolute atomic E-state index is 0.0764. The van der Waals surface area contributed by atoms with Crippen molar-refractivity contribution < 1.29 is 28.7 Å². The minimum Gasteiger partial charge on any atom is -0.443 e. The van der Waals surface area contributed by atoms with Crippen LogP contribution in [0.25, 0.3) is 21.8 Å². The van der Waals surface area contributed by atoms with Gasteiger partial charge in [-0.05, 0) is 134 Å². The van der Waals surface area contributed by atoms with E-state index in [4.69, 9.17) is 14.6 Å². The highest BCUT2D eigenvalue weighted by atomic mass is 16.5. The number of nitrogens with zero attached hydrogens (tertiary/aromatic N) is 7. The number of hydrogen-bond acceptors (Lipinski definition) is 10. The van der Waals surface area contributed by atoms with Crippen LogP contribution in [0.15, 0.2) is 65.6 Å². The molecule has 9 rings (SSSR count). The summed E-state index contributed by atoms with van der Waals surface area (Å²) in [5.41, 5.74) is 1.86. The summed E-state index contributed by atoms with van der Waals surface area (Å²) in [6.07, 6.45) is 10.0. The number of piperidine rings is 2. The number of esters is 2. The number of nitrogens with one attached hydrogen (secondary N) is 1. The van der Waals surface area contributed by atoms with Gasteiger partial charge in [0.25, 0.3) is 5.56 Å². The number of aromatic nitrogens is 3. The Balaban J connectivity index is 1.07. The number of para-hydroxylation sites is 1. The smallest absolute Gasteiger partial charge is 0.318 e. The maximum Gasteiger partial charge on any atom is 0.318 e. The minimum atomic E-state index is -0.904. The van der Waals surface area contributed by atoms with Gasteiger partial charge in [0, 0.05) is 68.9 Å². The Hall–Kier alpha value is -5.54. The second-order valence-corrected chi connectivity index (χ2v) is 20.0. The van der Waals surface area contributed by atoms with E-state index in [-0.39, 0.29) is 49.3 Å². The number of ether oxygens (including phenoxy) is 2. The lowest BCUT2D eigenvalue weighted by molar-refractivity contribution is -0.159. The highest BCUT2D eigenvalue weighted by molar-refractivity contribution is 5.88. The van der Waals surface area contributed by atoms with Crippen molar-refractivity contribution in [2.75, 3.05) is 59.4 Å². The van der Waals surface area contributed by atoms with Crippen LogP contribution in [0.2, 0.25) is 0 Å². The van der Waals surface area contributed by atoms with E-state index in [1.807, 2.05) is 86.5 Å². The summed E-state index contributed by atoms with van der Waals surface area (Å²) in [6.45, 7) is 14.6. The third-order valence-corrected chi connectivity index (χ3v) is 14.2. The van der Waals surface area contributed by atoms with Crippen molar-refractivity contribution in [2.45, 2.75) is 111 Å². The molecule has 5 aliphatic rings. The average Bonchev–Trinajstić information content (AvgIpc) is 3.72. The second kappa shape index (κ2) is 19.1. The van der Waals surface area contributed by atoms with Crippen LogP contribution in [0.1, 0.15) is 88.8 Å². The number of rotatable bonds is 2. The molecule has 0 saturated carbocycles. The molecule has 2 aromatic heterocycles. The fraction of sp³-hybridized carbons (Fsp3) is 0.560. The van der Waals surface area contributed by atoms with E-state index in [2.05, 4.69) is 22.2 Å². The summed E-state index contributed by atoms with van der Waals surface area (Å²) in [7, 11) is 2.17. The molecule has 3 fully saturated rings. The molecule has 7 bridgehead atoms. The lowest BCUT2D eigenvalue weighted by atomic mass is 9.86. The van der Waals surface area contributed by atoms with Crippen molar-refractivity contribution >= 4 is 45.7 Å². The SMILES string of the molecule is Cc1cc2cc3cn(nc13)COC(=O)C(C)(C)C/C=C\CC(C)(C)C(=O)OCn1c(=O)c(cc3ccccc31)C1CCN(CC1)C(=O)N[C@@H](C(=O)N1CCN(C3CCN(C)CC3)CC1)C2. The van der Waals surface area contributed by atoms with E-state index in [1.165, 1.54) is 4.57 Å². The predicted molar refractivity (Wildman–Crippen MR) is 249 cm³/mol. The van der Waals surface area contributed by atoms with Gasteiger partial charge in [0.05, 0.1) is 21.9 Å². The van der Waals surface area contributed by atoms with Gasteiger partial charge < -0.3 is 29.5 Å². The van der Waals surface area contributed by atoms with Gasteiger partial charge in [-0.2, -0.15) is 5.10 Å². The Morgan fingerprint density at radius 2 is 1.42 bits per heavy atom. The topological polar surface area (TPSA) is 152 Å². The van der Waals surface area contributed by atoms with Crippen molar-refractivity contribution in [1.29, 1.82) is 0 Å². The number of aryl methyl sites for hydroxylation is 1. The van der Waals surface area contributed by atoms with Gasteiger partial charge in [-0.15, -0.1) is 0 Å². The molecule has 0 unspecified atom stereocenters. The summed E-state index contributed by atoms with van der Waals surface area (Å²) in [5.74, 6) is -1.06. The summed E-state index contributed by atoms with van der Waals surface area (Å²) >= 11 is 0. The first kappa shape index (κ1) is 46.0. The van der Waals surface area contributed by atoms with Gasteiger partial charge in [-0.1, -0.05) is 36.4 Å². The van der Waals surface area contributed by atoms with Crippen molar-refractivity contribution in [2.24, 2.45) is 10.8 Å². The first-order chi connectivity index (χ1) is 31.1. The molecule has 3 amide bonds. The van der Waals surface area contributed by atoms with E-state index in [0.29, 0.717) is 69.0 Å². The molecule has 3 saturated heterocycles. The molecule has 5 aliphatic heterocycles. The first-order valence-corrected chi connectivity index (χ1v) is 23.4. The first-order valence-electron chi connectivity index (χ1n) is 23.4. The molecule has 2 aromatic carbocycles. The summed E-state index contributed by atoms with van der Waals surface area (Å²) < 4.78 is 14.8. The Kier molecular flexibility index (Phi) is 13.5. The monoisotopic (exact) mass is 891 g/mol. The Bertz CT molecular complexity index is 2500. The number of likely N-dealkylation sites (tertiary alicyclic amines) is 1. The Morgan fingerprint density at radius 1 is 0.769 bits per heavy atom. The molecule has 7 heterocycles. The van der Waals surface area contributed by atoms with E-state index >= 15 is 0 Å². The predicted octanol–water partition coefficient (Wildman–Crippen LogP) is 5.80. The van der Waals surface area contributed by atoms with Gasteiger partial charge in [-0.3, -0.25) is 28.6 Å². The quantitative estimate of drug-likeness (QED) is 0.193. The third-order valence-electron chi connectivity index (χ3n) is 14.2. The number of piperazine rings is 1. The lowest BCUT2D eigenvalue weighted by Gasteiger charge is -2.43. The van der Waals surface area contributed by atoms with E-state index in [0.717, 1.165) is 66.4 Å². The number of hydrogen-bond donors (Lipinski definition) is 1. The van der Waals surface area contributed by atoms with Crippen LogP contribution in [0.3, 0.4) is 0 Å². The molecule has 1 N–H and O–H groups in total. The molecule has 0 radical (unpaired) electrons. The number of carbonyl (C=O) groups excluding carboxylic acids is 4. The maximum absolute atomic E-state index is 14.6. The average molecular weight is 891 g/mol. The highest BCUT2D eigenvalue weighted by Crippen LogP contribution is 2.31.